The van der Waals surface area contributed by atoms with Gasteiger partial charge in [0, 0.05) is 62.8 Å². The monoisotopic (exact) mass is 463 g/mol. The van der Waals surface area contributed by atoms with Gasteiger partial charge < -0.3 is 9.88 Å². The maximum Gasteiger partial charge on any atom is 0.258 e. The highest BCUT2D eigenvalue weighted by Gasteiger charge is 2.17. The molecule has 0 aliphatic carbocycles. The highest BCUT2D eigenvalue weighted by Crippen LogP contribution is 2.23. The topological polar surface area (TPSA) is 82.9 Å². The number of fused-ring (bicyclic) bond motifs is 1. The van der Waals surface area contributed by atoms with Crippen molar-refractivity contribution < 1.29 is 0 Å². The average Bonchev–Trinajstić information content (AvgIpc) is 3.36. The molecule has 1 aliphatic heterocycles. The fraction of sp³-hybridized carbons (Fsp3) is 0.333. The van der Waals surface area contributed by atoms with E-state index in [4.69, 9.17) is 16.6 Å². The van der Waals surface area contributed by atoms with E-state index in [0.717, 1.165) is 56.2 Å². The first-order valence-corrected chi connectivity index (χ1v) is 11.6. The Morgan fingerprint density at radius 3 is 2.64 bits per heavy atom. The minimum atomic E-state index is -0.180. The molecule has 1 saturated heterocycles. The SMILES string of the molecule is CCN1CCN(Cc2cc3nc(Cc4ccc(-n5cccn5)nc4)[nH]c(=O)c3cc2Cl)CC1. The van der Waals surface area contributed by atoms with Crippen LogP contribution >= 0.6 is 11.6 Å². The van der Waals surface area contributed by atoms with Crippen molar-refractivity contribution in [3.05, 3.63) is 81.3 Å². The lowest BCUT2D eigenvalue weighted by Crippen LogP contribution is -2.45. The number of hydrogen-bond acceptors (Lipinski definition) is 6. The van der Waals surface area contributed by atoms with Crippen LogP contribution in [0.3, 0.4) is 0 Å². The van der Waals surface area contributed by atoms with Crippen molar-refractivity contribution in [1.29, 1.82) is 0 Å². The molecule has 4 heterocycles. The van der Waals surface area contributed by atoms with Gasteiger partial charge in [0.25, 0.3) is 5.56 Å². The zero-order chi connectivity index (χ0) is 22.8. The number of nitrogens with zero attached hydrogens (tertiary/aromatic N) is 6. The van der Waals surface area contributed by atoms with Crippen LogP contribution in [0, 0.1) is 0 Å². The van der Waals surface area contributed by atoms with Crippen LogP contribution in [0.5, 0.6) is 0 Å². The van der Waals surface area contributed by atoms with Gasteiger partial charge in [0.2, 0.25) is 0 Å². The van der Waals surface area contributed by atoms with Crippen LogP contribution in [0.4, 0.5) is 0 Å². The minimum absolute atomic E-state index is 0.180. The summed E-state index contributed by atoms with van der Waals surface area (Å²) in [7, 11) is 0. The van der Waals surface area contributed by atoms with E-state index in [9.17, 15) is 4.79 Å². The molecule has 3 aromatic heterocycles. The summed E-state index contributed by atoms with van der Waals surface area (Å²) in [6, 6.07) is 9.42. The molecule has 0 spiro atoms. The van der Waals surface area contributed by atoms with Gasteiger partial charge >= 0.3 is 0 Å². The van der Waals surface area contributed by atoms with Crippen LogP contribution in [-0.2, 0) is 13.0 Å². The van der Waals surface area contributed by atoms with Gasteiger partial charge in [0.1, 0.15) is 5.82 Å². The van der Waals surface area contributed by atoms with Crippen LogP contribution in [0.15, 0.2) is 53.7 Å². The number of nitrogens with one attached hydrogen (secondary N) is 1. The van der Waals surface area contributed by atoms with Crippen LogP contribution in [0.2, 0.25) is 5.02 Å². The van der Waals surface area contributed by atoms with Crippen LogP contribution < -0.4 is 5.56 Å². The number of rotatable bonds is 6. The Hall–Kier alpha value is -3.07. The van der Waals surface area contributed by atoms with Gasteiger partial charge in [-0.3, -0.25) is 9.69 Å². The Balaban J connectivity index is 1.37. The number of aromatic nitrogens is 5. The van der Waals surface area contributed by atoms with E-state index >= 15 is 0 Å². The number of H-pyrrole nitrogens is 1. The summed E-state index contributed by atoms with van der Waals surface area (Å²) in [5.41, 5.74) is 2.45. The Bertz CT molecular complexity index is 1290. The molecule has 5 rings (SSSR count). The van der Waals surface area contributed by atoms with Crippen LogP contribution in [0.1, 0.15) is 23.9 Å². The van der Waals surface area contributed by atoms with Crippen molar-refractivity contribution in [3.63, 3.8) is 0 Å². The fourth-order valence-electron chi connectivity index (χ4n) is 4.22. The standard InChI is InChI=1S/C24H26ClN7O/c1-2-30-8-10-31(11-9-30)16-18-13-21-19(14-20(18)25)24(33)29-22(28-21)12-17-4-5-23(26-15-17)32-7-3-6-27-32/h3-7,13-15H,2,8-12,16H2,1H3,(H,28,29,33). The van der Waals surface area contributed by atoms with Crippen molar-refractivity contribution in [2.24, 2.45) is 0 Å². The van der Waals surface area contributed by atoms with Crippen LogP contribution in [0.25, 0.3) is 16.7 Å². The smallest absolute Gasteiger partial charge is 0.258 e. The number of hydrogen-bond donors (Lipinski definition) is 1. The Labute approximate surface area is 196 Å². The van der Waals surface area contributed by atoms with E-state index in [-0.39, 0.29) is 5.56 Å². The van der Waals surface area contributed by atoms with Crippen molar-refractivity contribution in [1.82, 2.24) is 34.5 Å². The molecule has 1 aromatic carbocycles. The van der Waals surface area contributed by atoms with Crippen LogP contribution in [-0.4, -0.2) is 67.3 Å². The Morgan fingerprint density at radius 1 is 1.12 bits per heavy atom. The Kier molecular flexibility index (Phi) is 6.22. The van der Waals surface area contributed by atoms with Gasteiger partial charge in [-0.05, 0) is 41.9 Å². The first-order chi connectivity index (χ1) is 16.1. The highest BCUT2D eigenvalue weighted by molar-refractivity contribution is 6.32. The van der Waals surface area contributed by atoms with Gasteiger partial charge in [-0.1, -0.05) is 24.6 Å². The van der Waals surface area contributed by atoms with E-state index in [1.54, 1.807) is 23.1 Å². The molecule has 0 atom stereocenters. The second-order valence-electron chi connectivity index (χ2n) is 8.34. The largest absolute Gasteiger partial charge is 0.310 e. The number of benzene rings is 1. The Morgan fingerprint density at radius 2 is 1.94 bits per heavy atom. The van der Waals surface area contributed by atoms with E-state index in [2.05, 4.69) is 31.8 Å². The average molecular weight is 464 g/mol. The number of pyridine rings is 1. The van der Waals surface area contributed by atoms with Gasteiger partial charge in [-0.25, -0.2) is 14.6 Å². The maximum absolute atomic E-state index is 12.7. The van der Waals surface area contributed by atoms with Gasteiger partial charge in [-0.2, -0.15) is 5.10 Å². The molecule has 8 nitrogen and oxygen atoms in total. The first kappa shape index (κ1) is 21.8. The molecule has 1 aliphatic rings. The quantitative estimate of drug-likeness (QED) is 0.473. The summed E-state index contributed by atoms with van der Waals surface area (Å²) in [5.74, 6) is 1.34. The predicted octanol–water partition coefficient (Wildman–Crippen LogP) is 2.89. The normalized spacial score (nSPS) is 15.3. The molecule has 33 heavy (non-hydrogen) atoms. The van der Waals surface area contributed by atoms with Crippen molar-refractivity contribution in [2.75, 3.05) is 32.7 Å². The molecule has 170 valence electrons. The van der Waals surface area contributed by atoms with Crippen molar-refractivity contribution >= 4 is 22.5 Å². The molecular formula is C24H26ClN7O. The number of likely N-dealkylation sites (N-methyl/N-ethyl adjacent to an activating group) is 1. The molecule has 0 unspecified atom stereocenters. The second kappa shape index (κ2) is 9.43. The molecule has 0 bridgehead atoms. The van der Waals surface area contributed by atoms with Gasteiger partial charge in [-0.15, -0.1) is 0 Å². The van der Waals surface area contributed by atoms with E-state index in [0.29, 0.717) is 28.2 Å². The van der Waals surface area contributed by atoms with Crippen molar-refractivity contribution in [2.45, 2.75) is 19.9 Å². The molecule has 4 aromatic rings. The molecule has 0 saturated carbocycles. The predicted molar refractivity (Wildman–Crippen MR) is 129 cm³/mol. The molecule has 1 N–H and O–H groups in total. The summed E-state index contributed by atoms with van der Waals surface area (Å²) in [6.45, 7) is 8.19. The highest BCUT2D eigenvalue weighted by atomic mass is 35.5. The molecule has 0 radical (unpaired) electrons. The van der Waals surface area contributed by atoms with E-state index in [1.165, 1.54) is 0 Å². The lowest BCUT2D eigenvalue weighted by Gasteiger charge is -2.34. The third-order valence-electron chi connectivity index (χ3n) is 6.15. The minimum Gasteiger partial charge on any atom is -0.310 e. The lowest BCUT2D eigenvalue weighted by atomic mass is 10.1. The molecule has 0 amide bonds. The lowest BCUT2D eigenvalue weighted by molar-refractivity contribution is 0.132. The number of halogens is 1. The van der Waals surface area contributed by atoms with Gasteiger partial charge in [0.05, 0.1) is 10.9 Å². The third-order valence-corrected chi connectivity index (χ3v) is 6.50. The molecular weight excluding hydrogens is 438 g/mol. The first-order valence-electron chi connectivity index (χ1n) is 11.2. The zero-order valence-corrected chi connectivity index (χ0v) is 19.3. The van der Waals surface area contributed by atoms with Crippen molar-refractivity contribution in [3.8, 4) is 5.82 Å². The summed E-state index contributed by atoms with van der Waals surface area (Å²) in [5, 5.41) is 5.31. The number of piperazine rings is 1. The second-order valence-corrected chi connectivity index (χ2v) is 8.74. The van der Waals surface area contributed by atoms with Gasteiger partial charge in [0.15, 0.2) is 5.82 Å². The third kappa shape index (κ3) is 4.83. The molecule has 9 heteroatoms. The molecule has 1 fully saturated rings. The maximum atomic E-state index is 12.7. The fourth-order valence-corrected chi connectivity index (χ4v) is 4.44. The number of aromatic amines is 1. The van der Waals surface area contributed by atoms with E-state index in [1.807, 2.05) is 30.5 Å². The summed E-state index contributed by atoms with van der Waals surface area (Å²) < 4.78 is 1.70. The summed E-state index contributed by atoms with van der Waals surface area (Å²) >= 11 is 6.54. The summed E-state index contributed by atoms with van der Waals surface area (Å²) in [4.78, 5) is 29.7. The summed E-state index contributed by atoms with van der Waals surface area (Å²) in [6.07, 6.45) is 5.82. The van der Waals surface area contributed by atoms with E-state index < -0.39 is 0 Å². The zero-order valence-electron chi connectivity index (χ0n) is 18.5.